The van der Waals surface area contributed by atoms with E-state index in [0.29, 0.717) is 49.7 Å². The van der Waals surface area contributed by atoms with Crippen molar-refractivity contribution in [1.82, 2.24) is 24.3 Å². The van der Waals surface area contributed by atoms with Crippen LogP contribution in [0.15, 0.2) is 37.2 Å². The molecular formula is C34H39FN6O3. The van der Waals surface area contributed by atoms with Gasteiger partial charge in [-0.2, -0.15) is 0 Å². The second-order valence-corrected chi connectivity index (χ2v) is 13.9. The number of fused-ring (bicyclic) bond motifs is 3. The number of anilines is 1. The lowest BCUT2D eigenvalue weighted by molar-refractivity contribution is -0.127. The minimum absolute atomic E-state index is 0.0205. The average Bonchev–Trinajstić information content (AvgIpc) is 3.42. The number of rotatable bonds is 7. The molecule has 1 saturated heterocycles. The zero-order chi connectivity index (χ0) is 31.0. The molecule has 9 nitrogen and oxygen atoms in total. The molecule has 2 aliphatic heterocycles. The van der Waals surface area contributed by atoms with Crippen molar-refractivity contribution < 1.29 is 18.7 Å². The molecule has 1 atom stereocenters. The molecular weight excluding hydrogens is 559 g/mol. The second kappa shape index (κ2) is 10.2. The van der Waals surface area contributed by atoms with Crippen molar-refractivity contribution in [3.8, 4) is 17.0 Å². The largest absolute Gasteiger partial charge is 0.485 e. The molecule has 0 bridgehead atoms. The monoisotopic (exact) mass is 598 g/mol. The van der Waals surface area contributed by atoms with Crippen LogP contribution in [0.3, 0.4) is 0 Å². The van der Waals surface area contributed by atoms with E-state index in [1.807, 2.05) is 34.6 Å². The van der Waals surface area contributed by atoms with Crippen LogP contribution in [0.4, 0.5) is 10.2 Å². The molecule has 44 heavy (non-hydrogen) atoms. The maximum absolute atomic E-state index is 15.5. The second-order valence-electron chi connectivity index (χ2n) is 13.9. The van der Waals surface area contributed by atoms with Gasteiger partial charge in [0.25, 0.3) is 5.91 Å². The van der Waals surface area contributed by atoms with Gasteiger partial charge < -0.3 is 24.8 Å². The zero-order valence-corrected chi connectivity index (χ0v) is 25.7. The molecule has 3 aromatic rings. The van der Waals surface area contributed by atoms with Crippen molar-refractivity contribution >= 4 is 17.6 Å². The van der Waals surface area contributed by atoms with Gasteiger partial charge in [-0.15, -0.1) is 0 Å². The molecule has 2 amide bonds. The standard InChI is InChI=1S/C34H39FN6O3/c1-5-26(42)41-18-34(8-9-34)13-23(41)17-44-30-28(37-19-38-31(30)36)21-6-7-22(20(2)12-21)16-39-10-11-40-25-15-33(3,4)14-24(25)27(35)29(40)32(39)43/h5-7,12,19,23H,1,8-11,13-18H2,2-4H3,(H2,36,37,38)/t23-/m0/s1. The topological polar surface area (TPSA) is 107 Å². The Kier molecular flexibility index (Phi) is 6.60. The number of carbonyl (C=O) groups excluding carboxylic acids is 2. The minimum Gasteiger partial charge on any atom is -0.485 e. The Balaban J connectivity index is 1.09. The molecule has 4 heterocycles. The van der Waals surface area contributed by atoms with Crippen LogP contribution in [0, 0.1) is 23.6 Å². The van der Waals surface area contributed by atoms with Crippen LogP contribution < -0.4 is 10.5 Å². The summed E-state index contributed by atoms with van der Waals surface area (Å²) < 4.78 is 23.7. The third-order valence-corrected chi connectivity index (χ3v) is 10.1. The molecule has 7 rings (SSSR count). The van der Waals surface area contributed by atoms with Crippen LogP contribution in [0.5, 0.6) is 5.75 Å². The maximum Gasteiger partial charge on any atom is 0.273 e. The first-order valence-corrected chi connectivity index (χ1v) is 15.4. The summed E-state index contributed by atoms with van der Waals surface area (Å²) in [6.07, 6.45) is 7.38. The quantitative estimate of drug-likeness (QED) is 0.395. The van der Waals surface area contributed by atoms with E-state index in [1.165, 1.54) is 12.4 Å². The zero-order valence-electron chi connectivity index (χ0n) is 25.7. The molecule has 2 aromatic heterocycles. The normalized spacial score (nSPS) is 21.0. The molecule has 2 fully saturated rings. The lowest BCUT2D eigenvalue weighted by Crippen LogP contribution is -2.40. The first-order valence-electron chi connectivity index (χ1n) is 15.4. The number of halogens is 1. The van der Waals surface area contributed by atoms with Crippen molar-refractivity contribution in [1.29, 1.82) is 0 Å². The summed E-state index contributed by atoms with van der Waals surface area (Å²) in [7, 11) is 0. The van der Waals surface area contributed by atoms with E-state index in [9.17, 15) is 9.59 Å². The summed E-state index contributed by atoms with van der Waals surface area (Å²) >= 11 is 0. The van der Waals surface area contributed by atoms with E-state index in [1.54, 1.807) is 4.90 Å². The number of aromatic nitrogens is 3. The number of hydrogen-bond acceptors (Lipinski definition) is 6. The number of hydrogen-bond donors (Lipinski definition) is 1. The van der Waals surface area contributed by atoms with Crippen molar-refractivity contribution in [2.45, 2.75) is 72.0 Å². The van der Waals surface area contributed by atoms with Gasteiger partial charge in [0, 0.05) is 43.0 Å². The van der Waals surface area contributed by atoms with Gasteiger partial charge in [0.15, 0.2) is 17.4 Å². The van der Waals surface area contributed by atoms with Gasteiger partial charge in [-0.1, -0.05) is 32.6 Å². The molecule has 0 radical (unpaired) electrons. The van der Waals surface area contributed by atoms with Crippen LogP contribution in [0.1, 0.15) is 66.0 Å². The van der Waals surface area contributed by atoms with E-state index < -0.39 is 0 Å². The summed E-state index contributed by atoms with van der Waals surface area (Å²) in [5.74, 6) is -0.0595. The van der Waals surface area contributed by atoms with Crippen LogP contribution in [0.2, 0.25) is 0 Å². The highest BCUT2D eigenvalue weighted by Gasteiger charge is 2.53. The van der Waals surface area contributed by atoms with Crippen LogP contribution in [-0.4, -0.2) is 61.9 Å². The molecule has 10 heteroatoms. The SMILES string of the molecule is C=CC(=O)N1CC2(CC2)C[C@H]1COc1c(N)ncnc1-c1ccc(CN2CCn3c4c(c(F)c3C2=O)CC(C)(C)C4)c(C)c1. The van der Waals surface area contributed by atoms with Gasteiger partial charge in [-0.25, -0.2) is 14.4 Å². The predicted molar refractivity (Wildman–Crippen MR) is 164 cm³/mol. The van der Waals surface area contributed by atoms with Gasteiger partial charge in [0.05, 0.1) is 6.04 Å². The summed E-state index contributed by atoms with van der Waals surface area (Å²) in [5.41, 5.74) is 11.7. The average molecular weight is 599 g/mol. The minimum atomic E-state index is -0.344. The number of aryl methyl sites for hydroxylation is 1. The van der Waals surface area contributed by atoms with Gasteiger partial charge in [-0.05, 0) is 73.1 Å². The van der Waals surface area contributed by atoms with Crippen molar-refractivity contribution in [3.63, 3.8) is 0 Å². The van der Waals surface area contributed by atoms with Crippen LogP contribution in [-0.2, 0) is 30.7 Å². The highest BCUT2D eigenvalue weighted by molar-refractivity contribution is 5.94. The summed E-state index contributed by atoms with van der Waals surface area (Å²) in [4.78, 5) is 38.3. The number of carbonyl (C=O) groups is 2. The maximum atomic E-state index is 15.5. The van der Waals surface area contributed by atoms with Gasteiger partial charge in [-0.3, -0.25) is 9.59 Å². The number of likely N-dealkylation sites (tertiary alicyclic amines) is 1. The third kappa shape index (κ3) is 4.75. The summed E-state index contributed by atoms with van der Waals surface area (Å²) in [5, 5.41) is 0. The Morgan fingerprint density at radius 2 is 2.02 bits per heavy atom. The molecule has 1 spiro atoms. The van der Waals surface area contributed by atoms with E-state index >= 15 is 4.39 Å². The van der Waals surface area contributed by atoms with Gasteiger partial charge in [0.1, 0.15) is 24.3 Å². The lowest BCUT2D eigenvalue weighted by Gasteiger charge is -2.30. The summed E-state index contributed by atoms with van der Waals surface area (Å²) in [6, 6.07) is 5.85. The highest BCUT2D eigenvalue weighted by atomic mass is 19.1. The third-order valence-electron chi connectivity index (χ3n) is 10.1. The molecule has 2 N–H and O–H groups in total. The van der Waals surface area contributed by atoms with Crippen molar-refractivity contribution in [2.75, 3.05) is 25.4 Å². The Morgan fingerprint density at radius 1 is 1.23 bits per heavy atom. The molecule has 0 unspecified atom stereocenters. The Morgan fingerprint density at radius 3 is 2.75 bits per heavy atom. The van der Waals surface area contributed by atoms with E-state index in [4.69, 9.17) is 10.5 Å². The smallest absolute Gasteiger partial charge is 0.273 e. The predicted octanol–water partition coefficient (Wildman–Crippen LogP) is 4.70. The van der Waals surface area contributed by atoms with Gasteiger partial charge in [0.2, 0.25) is 5.91 Å². The number of nitrogen functional groups attached to an aromatic ring is 1. The van der Waals surface area contributed by atoms with Gasteiger partial charge >= 0.3 is 0 Å². The number of benzene rings is 1. The first kappa shape index (κ1) is 28.6. The summed E-state index contributed by atoms with van der Waals surface area (Å²) in [6.45, 7) is 12.5. The Hall–Kier alpha value is -4.21. The number of amides is 2. The number of nitrogens with two attached hydrogens (primary N) is 1. The highest BCUT2D eigenvalue weighted by Crippen LogP contribution is 2.55. The molecule has 2 aliphatic carbocycles. The fourth-order valence-corrected chi connectivity index (χ4v) is 7.51. The fraction of sp³-hybridized carbons (Fsp3) is 0.471. The van der Waals surface area contributed by atoms with Crippen LogP contribution >= 0.6 is 0 Å². The van der Waals surface area contributed by atoms with Crippen LogP contribution in [0.25, 0.3) is 11.3 Å². The fourth-order valence-electron chi connectivity index (χ4n) is 7.51. The van der Waals surface area contributed by atoms with Crippen molar-refractivity contribution in [2.24, 2.45) is 10.8 Å². The molecule has 1 aromatic carbocycles. The number of nitrogens with zero attached hydrogens (tertiary/aromatic N) is 5. The van der Waals surface area contributed by atoms with E-state index in [-0.39, 0.29) is 46.0 Å². The molecule has 230 valence electrons. The first-order chi connectivity index (χ1) is 21.0. The van der Waals surface area contributed by atoms with E-state index in [2.05, 4.69) is 30.4 Å². The number of ether oxygens (including phenoxy) is 1. The Bertz CT molecular complexity index is 1710. The Labute approximate surface area is 256 Å². The molecule has 1 saturated carbocycles. The lowest BCUT2D eigenvalue weighted by atomic mass is 9.90. The van der Waals surface area contributed by atoms with E-state index in [0.717, 1.165) is 54.6 Å². The molecule has 4 aliphatic rings. The van der Waals surface area contributed by atoms with Crippen molar-refractivity contribution in [3.05, 3.63) is 71.1 Å².